The van der Waals surface area contributed by atoms with Crippen molar-refractivity contribution in [3.8, 4) is 0 Å². The van der Waals surface area contributed by atoms with Gasteiger partial charge in [-0.05, 0) is 31.0 Å². The predicted molar refractivity (Wildman–Crippen MR) is 71.2 cm³/mol. The molecule has 1 N–H and O–H groups in total. The Morgan fingerprint density at radius 2 is 1.84 bits per heavy atom. The van der Waals surface area contributed by atoms with Gasteiger partial charge in [0.1, 0.15) is 0 Å². The van der Waals surface area contributed by atoms with Crippen LogP contribution in [0.5, 0.6) is 0 Å². The SMILES string of the molecule is Cc1ccc(C)c(NC(=O)C[n+]2ccccc2)c1.[Cl-]. The first kappa shape index (κ1) is 15.2. The van der Waals surface area contributed by atoms with Gasteiger partial charge >= 0.3 is 0 Å². The molecule has 1 amide bonds. The van der Waals surface area contributed by atoms with Crippen molar-refractivity contribution in [1.29, 1.82) is 0 Å². The summed E-state index contributed by atoms with van der Waals surface area (Å²) in [7, 11) is 0. The normalized spacial score (nSPS) is 9.58. The molecule has 100 valence electrons. The number of pyridine rings is 1. The lowest BCUT2D eigenvalue weighted by Gasteiger charge is -2.07. The monoisotopic (exact) mass is 276 g/mol. The maximum atomic E-state index is 11.9. The number of anilines is 1. The van der Waals surface area contributed by atoms with Gasteiger partial charge in [0.25, 0.3) is 5.91 Å². The highest BCUT2D eigenvalue weighted by Crippen LogP contribution is 2.15. The number of hydrogen-bond acceptors (Lipinski definition) is 1. The molecule has 2 rings (SSSR count). The van der Waals surface area contributed by atoms with Crippen LogP contribution in [-0.2, 0) is 11.3 Å². The van der Waals surface area contributed by atoms with Gasteiger partial charge in [-0.1, -0.05) is 18.2 Å². The fourth-order valence-corrected chi connectivity index (χ4v) is 1.77. The summed E-state index contributed by atoms with van der Waals surface area (Å²) in [6.07, 6.45) is 3.76. The van der Waals surface area contributed by atoms with Crippen LogP contribution in [0.1, 0.15) is 11.1 Å². The van der Waals surface area contributed by atoms with Crippen molar-refractivity contribution < 1.29 is 21.8 Å². The minimum absolute atomic E-state index is 0. The average molecular weight is 277 g/mol. The Hall–Kier alpha value is -1.87. The summed E-state index contributed by atoms with van der Waals surface area (Å²) in [5.41, 5.74) is 3.10. The predicted octanol–water partition coefficient (Wildman–Crippen LogP) is -0.766. The third-order valence-electron chi connectivity index (χ3n) is 2.77. The molecule has 0 fully saturated rings. The highest BCUT2D eigenvalue weighted by Gasteiger charge is 2.09. The molecule has 0 spiro atoms. The van der Waals surface area contributed by atoms with E-state index in [-0.39, 0.29) is 18.3 Å². The number of benzene rings is 1. The molecule has 0 atom stereocenters. The van der Waals surface area contributed by atoms with Crippen molar-refractivity contribution in [1.82, 2.24) is 0 Å². The highest BCUT2D eigenvalue weighted by molar-refractivity contribution is 5.90. The number of nitrogens with one attached hydrogen (secondary N) is 1. The van der Waals surface area contributed by atoms with Crippen molar-refractivity contribution in [2.45, 2.75) is 20.4 Å². The number of rotatable bonds is 3. The molecule has 0 saturated carbocycles. The molecule has 0 aliphatic rings. The van der Waals surface area contributed by atoms with Crippen molar-refractivity contribution in [2.75, 3.05) is 5.32 Å². The van der Waals surface area contributed by atoms with Gasteiger partial charge in [0.2, 0.25) is 6.54 Å². The Morgan fingerprint density at radius 3 is 2.53 bits per heavy atom. The summed E-state index contributed by atoms with van der Waals surface area (Å²) < 4.78 is 1.85. The molecule has 2 aromatic rings. The zero-order valence-electron chi connectivity index (χ0n) is 11.1. The number of aryl methyl sites for hydroxylation is 2. The van der Waals surface area contributed by atoms with E-state index in [0.29, 0.717) is 6.54 Å². The Balaban J connectivity index is 0.00000180. The van der Waals surface area contributed by atoms with Crippen molar-refractivity contribution in [2.24, 2.45) is 0 Å². The molecule has 1 heterocycles. The van der Waals surface area contributed by atoms with E-state index in [1.165, 1.54) is 0 Å². The topological polar surface area (TPSA) is 33.0 Å². The molecule has 1 aromatic carbocycles. The third kappa shape index (κ3) is 4.38. The Bertz CT molecular complexity index is 555. The second kappa shape index (κ2) is 6.90. The molecule has 0 aliphatic carbocycles. The first-order valence-corrected chi connectivity index (χ1v) is 5.96. The van der Waals surface area contributed by atoms with E-state index in [0.717, 1.165) is 16.8 Å². The number of nitrogens with zero attached hydrogens (tertiary/aromatic N) is 1. The van der Waals surface area contributed by atoms with E-state index in [9.17, 15) is 4.79 Å². The molecule has 0 saturated heterocycles. The standard InChI is InChI=1S/C15H16N2O.ClH/c1-12-6-7-13(2)14(10-12)16-15(18)11-17-8-4-3-5-9-17;/h3-10H,11H2,1-2H3;1H. The Labute approximate surface area is 119 Å². The first-order chi connectivity index (χ1) is 8.65. The van der Waals surface area contributed by atoms with Crippen LogP contribution in [-0.4, -0.2) is 5.91 Å². The van der Waals surface area contributed by atoms with Crippen LogP contribution in [0.4, 0.5) is 5.69 Å². The average Bonchev–Trinajstić information content (AvgIpc) is 2.35. The van der Waals surface area contributed by atoms with Gasteiger partial charge in [-0.3, -0.25) is 4.79 Å². The lowest BCUT2D eigenvalue weighted by molar-refractivity contribution is -0.684. The molecule has 4 heteroatoms. The lowest BCUT2D eigenvalue weighted by atomic mass is 10.1. The summed E-state index contributed by atoms with van der Waals surface area (Å²) in [6, 6.07) is 11.8. The van der Waals surface area contributed by atoms with E-state index in [1.807, 2.05) is 67.2 Å². The van der Waals surface area contributed by atoms with E-state index in [2.05, 4.69) is 5.32 Å². The minimum Gasteiger partial charge on any atom is -1.00 e. The minimum atomic E-state index is -0.0140. The number of halogens is 1. The van der Waals surface area contributed by atoms with Crippen LogP contribution in [0.2, 0.25) is 0 Å². The van der Waals surface area contributed by atoms with Gasteiger partial charge in [-0.2, -0.15) is 4.57 Å². The van der Waals surface area contributed by atoms with E-state index >= 15 is 0 Å². The number of aromatic nitrogens is 1. The smallest absolute Gasteiger partial charge is 0.290 e. The first-order valence-electron chi connectivity index (χ1n) is 5.96. The summed E-state index contributed by atoms with van der Waals surface area (Å²) in [6.45, 7) is 4.33. The number of carbonyl (C=O) groups is 1. The van der Waals surface area contributed by atoms with Gasteiger partial charge in [0, 0.05) is 17.8 Å². The summed E-state index contributed by atoms with van der Waals surface area (Å²) in [4.78, 5) is 11.9. The largest absolute Gasteiger partial charge is 1.00 e. The second-order valence-electron chi connectivity index (χ2n) is 4.41. The van der Waals surface area contributed by atoms with Crippen molar-refractivity contribution >= 4 is 11.6 Å². The maximum Gasteiger partial charge on any atom is 0.290 e. The molecule has 1 aromatic heterocycles. The fraction of sp³-hybridized carbons (Fsp3) is 0.200. The number of hydrogen-bond donors (Lipinski definition) is 1. The van der Waals surface area contributed by atoms with Gasteiger partial charge in [-0.25, -0.2) is 0 Å². The second-order valence-corrected chi connectivity index (χ2v) is 4.41. The third-order valence-corrected chi connectivity index (χ3v) is 2.77. The molecule has 0 radical (unpaired) electrons. The Morgan fingerprint density at radius 1 is 1.16 bits per heavy atom. The Kier molecular flexibility index (Phi) is 5.52. The molecule has 19 heavy (non-hydrogen) atoms. The molecule has 0 aliphatic heterocycles. The quantitative estimate of drug-likeness (QED) is 0.734. The highest BCUT2D eigenvalue weighted by atomic mass is 35.5. The van der Waals surface area contributed by atoms with Crippen LogP contribution in [0.3, 0.4) is 0 Å². The van der Waals surface area contributed by atoms with Gasteiger partial charge < -0.3 is 17.7 Å². The van der Waals surface area contributed by atoms with Crippen LogP contribution in [0.25, 0.3) is 0 Å². The summed E-state index contributed by atoms with van der Waals surface area (Å²) in [5, 5.41) is 2.94. The number of amides is 1. The number of carbonyl (C=O) groups excluding carboxylic acids is 1. The fourth-order valence-electron chi connectivity index (χ4n) is 1.77. The van der Waals surface area contributed by atoms with Crippen LogP contribution >= 0.6 is 0 Å². The van der Waals surface area contributed by atoms with Crippen LogP contribution < -0.4 is 22.3 Å². The molecule has 0 unspecified atom stereocenters. The lowest BCUT2D eigenvalue weighted by Crippen LogP contribution is -3.00. The molecular formula is C15H17ClN2O. The van der Waals surface area contributed by atoms with E-state index in [1.54, 1.807) is 0 Å². The summed E-state index contributed by atoms with van der Waals surface area (Å²) in [5.74, 6) is -0.0140. The van der Waals surface area contributed by atoms with Crippen LogP contribution in [0, 0.1) is 13.8 Å². The molecule has 3 nitrogen and oxygen atoms in total. The van der Waals surface area contributed by atoms with Crippen molar-refractivity contribution in [3.05, 3.63) is 59.9 Å². The van der Waals surface area contributed by atoms with Gasteiger partial charge in [0.05, 0.1) is 0 Å². The molecular weight excluding hydrogens is 260 g/mol. The van der Waals surface area contributed by atoms with Crippen molar-refractivity contribution in [3.63, 3.8) is 0 Å². The van der Waals surface area contributed by atoms with E-state index < -0.39 is 0 Å². The zero-order chi connectivity index (χ0) is 13.0. The zero-order valence-corrected chi connectivity index (χ0v) is 11.8. The van der Waals surface area contributed by atoms with E-state index in [4.69, 9.17) is 0 Å². The summed E-state index contributed by atoms with van der Waals surface area (Å²) >= 11 is 0. The van der Waals surface area contributed by atoms with Gasteiger partial charge in [-0.15, -0.1) is 0 Å². The van der Waals surface area contributed by atoms with Gasteiger partial charge in [0.15, 0.2) is 12.4 Å². The maximum absolute atomic E-state index is 11.9. The van der Waals surface area contributed by atoms with Crippen LogP contribution in [0.15, 0.2) is 48.8 Å². The molecule has 0 bridgehead atoms.